The van der Waals surface area contributed by atoms with Crippen molar-refractivity contribution in [2.45, 2.75) is 18.0 Å². The Kier molecular flexibility index (Phi) is 5.59. The lowest BCUT2D eigenvalue weighted by atomic mass is 10.0. The van der Waals surface area contributed by atoms with Crippen molar-refractivity contribution in [1.82, 2.24) is 0 Å². The first-order valence-corrected chi connectivity index (χ1v) is 8.71. The van der Waals surface area contributed by atoms with Crippen LogP contribution in [0.3, 0.4) is 0 Å². The van der Waals surface area contributed by atoms with Crippen molar-refractivity contribution in [2.75, 3.05) is 41.7 Å². The second-order valence-electron chi connectivity index (χ2n) is 5.08. The zero-order valence-electron chi connectivity index (χ0n) is 14.3. The van der Waals surface area contributed by atoms with Crippen LogP contribution in [-0.2, 0) is 29.6 Å². The molecular weight excluding hydrogens is 340 g/mol. The second-order valence-corrected chi connectivity index (χ2v) is 7.11. The Hall–Kier alpha value is -1.55. The topological polar surface area (TPSA) is 89.5 Å². The molecule has 0 aliphatic carbocycles. The van der Waals surface area contributed by atoms with Gasteiger partial charge in [-0.15, -0.1) is 0 Å². The number of methoxy groups -OCH3 is 3. The van der Waals surface area contributed by atoms with Gasteiger partial charge in [0.05, 0.1) is 41.7 Å². The highest BCUT2D eigenvalue weighted by molar-refractivity contribution is 7.87. The largest absolute Gasteiger partial charge is 0.493 e. The van der Waals surface area contributed by atoms with Crippen molar-refractivity contribution < 1.29 is 36.3 Å². The second kappa shape index (κ2) is 7.14. The fourth-order valence-electron chi connectivity index (χ4n) is 2.68. The molecule has 1 unspecified atom stereocenters. The molecule has 1 atom stereocenters. The minimum Gasteiger partial charge on any atom is -0.493 e. The van der Waals surface area contributed by atoms with Gasteiger partial charge in [-0.3, -0.25) is 4.18 Å². The van der Waals surface area contributed by atoms with Gasteiger partial charge in [-0.2, -0.15) is 8.42 Å². The van der Waals surface area contributed by atoms with Gasteiger partial charge in [-0.25, -0.2) is 0 Å². The van der Waals surface area contributed by atoms with Gasteiger partial charge in [0.2, 0.25) is 11.5 Å². The fourth-order valence-corrected chi connectivity index (χ4v) is 3.62. The van der Waals surface area contributed by atoms with E-state index in [2.05, 4.69) is 4.18 Å². The van der Waals surface area contributed by atoms with E-state index in [1.807, 2.05) is 0 Å². The highest BCUT2D eigenvalue weighted by atomic mass is 32.2. The monoisotopic (exact) mass is 362 g/mol. The van der Waals surface area contributed by atoms with Gasteiger partial charge in [0, 0.05) is 5.56 Å². The van der Waals surface area contributed by atoms with Crippen LogP contribution in [0, 0.1) is 0 Å². The standard InChI is InChI=1S/C15H22O8S/c1-10(24(16,17)21-5)15(22-6-7-23-15)11-8-12(18-2)14(20-4)13(9-11)19-3/h8-10H,6-7H2,1-5H3. The SMILES string of the molecule is COc1cc(C2(C(C)S(=O)(=O)OC)OCCO2)cc(OC)c1OC. The first-order chi connectivity index (χ1) is 11.4. The Morgan fingerprint density at radius 3 is 1.88 bits per heavy atom. The molecule has 136 valence electrons. The highest BCUT2D eigenvalue weighted by Gasteiger charge is 2.51. The molecule has 1 aliphatic rings. The molecule has 24 heavy (non-hydrogen) atoms. The lowest BCUT2D eigenvalue weighted by molar-refractivity contribution is -0.165. The molecule has 1 saturated heterocycles. The van der Waals surface area contributed by atoms with Crippen LogP contribution < -0.4 is 14.2 Å². The van der Waals surface area contributed by atoms with Crippen LogP contribution in [-0.4, -0.2) is 55.3 Å². The van der Waals surface area contributed by atoms with E-state index in [-0.39, 0.29) is 13.2 Å². The van der Waals surface area contributed by atoms with Crippen molar-refractivity contribution in [3.8, 4) is 17.2 Å². The molecule has 1 fully saturated rings. The summed E-state index contributed by atoms with van der Waals surface area (Å²) in [5.41, 5.74) is 0.433. The average Bonchev–Trinajstić information content (AvgIpc) is 3.10. The third-order valence-electron chi connectivity index (χ3n) is 3.98. The van der Waals surface area contributed by atoms with Gasteiger partial charge in [0.15, 0.2) is 11.5 Å². The van der Waals surface area contributed by atoms with Crippen molar-refractivity contribution in [2.24, 2.45) is 0 Å². The maximum absolute atomic E-state index is 12.2. The van der Waals surface area contributed by atoms with E-state index in [4.69, 9.17) is 23.7 Å². The Morgan fingerprint density at radius 1 is 1.00 bits per heavy atom. The Bertz CT molecular complexity index is 654. The summed E-state index contributed by atoms with van der Waals surface area (Å²) >= 11 is 0. The van der Waals surface area contributed by atoms with Crippen LogP contribution in [0.5, 0.6) is 17.2 Å². The van der Waals surface area contributed by atoms with Crippen LogP contribution in [0.25, 0.3) is 0 Å². The van der Waals surface area contributed by atoms with Crippen LogP contribution in [0.1, 0.15) is 12.5 Å². The molecule has 0 N–H and O–H groups in total. The predicted molar refractivity (Wildman–Crippen MR) is 85.1 cm³/mol. The molecule has 0 amide bonds. The predicted octanol–water partition coefficient (Wildman–Crippen LogP) is 1.28. The van der Waals surface area contributed by atoms with E-state index in [1.165, 1.54) is 28.3 Å². The van der Waals surface area contributed by atoms with Crippen LogP contribution >= 0.6 is 0 Å². The summed E-state index contributed by atoms with van der Waals surface area (Å²) in [4.78, 5) is 0. The Morgan fingerprint density at radius 2 is 1.50 bits per heavy atom. The van der Waals surface area contributed by atoms with E-state index in [0.717, 1.165) is 7.11 Å². The smallest absolute Gasteiger partial charge is 0.275 e. The summed E-state index contributed by atoms with van der Waals surface area (Å²) in [6.07, 6.45) is 0. The molecule has 0 aromatic heterocycles. The van der Waals surface area contributed by atoms with E-state index in [0.29, 0.717) is 22.8 Å². The maximum Gasteiger partial charge on any atom is 0.275 e. The summed E-state index contributed by atoms with van der Waals surface area (Å²) in [6, 6.07) is 3.21. The first kappa shape index (κ1) is 18.8. The molecule has 8 nitrogen and oxygen atoms in total. The Balaban J connectivity index is 2.65. The van der Waals surface area contributed by atoms with E-state index >= 15 is 0 Å². The zero-order valence-corrected chi connectivity index (χ0v) is 15.1. The average molecular weight is 362 g/mol. The van der Waals surface area contributed by atoms with E-state index < -0.39 is 21.2 Å². The van der Waals surface area contributed by atoms with Gasteiger partial charge >= 0.3 is 0 Å². The van der Waals surface area contributed by atoms with Crippen molar-refractivity contribution in [1.29, 1.82) is 0 Å². The molecule has 0 spiro atoms. The Labute approximate surface area is 141 Å². The number of rotatable bonds is 7. The van der Waals surface area contributed by atoms with E-state index in [9.17, 15) is 8.42 Å². The summed E-state index contributed by atoms with van der Waals surface area (Å²) in [7, 11) is 1.62. The third-order valence-corrected chi connectivity index (χ3v) is 5.62. The molecule has 0 radical (unpaired) electrons. The number of hydrogen-bond donors (Lipinski definition) is 0. The first-order valence-electron chi connectivity index (χ1n) is 7.24. The van der Waals surface area contributed by atoms with Crippen molar-refractivity contribution >= 4 is 10.1 Å². The summed E-state index contributed by atoms with van der Waals surface area (Å²) in [5, 5.41) is -1.11. The number of benzene rings is 1. The van der Waals surface area contributed by atoms with Gasteiger partial charge in [0.25, 0.3) is 10.1 Å². The molecule has 0 bridgehead atoms. The van der Waals surface area contributed by atoms with Crippen LogP contribution in [0.2, 0.25) is 0 Å². The van der Waals surface area contributed by atoms with Gasteiger partial charge in [-0.05, 0) is 19.1 Å². The summed E-state index contributed by atoms with van der Waals surface area (Å²) < 4.78 is 56.4. The molecule has 1 aromatic carbocycles. The molecule has 1 aliphatic heterocycles. The van der Waals surface area contributed by atoms with Crippen molar-refractivity contribution in [3.63, 3.8) is 0 Å². The quantitative estimate of drug-likeness (QED) is 0.670. The summed E-state index contributed by atoms with van der Waals surface area (Å²) in [5.74, 6) is -0.402. The lowest BCUT2D eigenvalue weighted by Crippen LogP contribution is -2.44. The molecular formula is C15H22O8S. The molecule has 1 aromatic rings. The molecule has 0 saturated carbocycles. The van der Waals surface area contributed by atoms with Crippen LogP contribution in [0.4, 0.5) is 0 Å². The van der Waals surface area contributed by atoms with Crippen LogP contribution in [0.15, 0.2) is 12.1 Å². The minimum absolute atomic E-state index is 0.250. The third kappa shape index (κ3) is 3.04. The zero-order chi connectivity index (χ0) is 18.0. The van der Waals surface area contributed by atoms with Gasteiger partial charge in [0.1, 0.15) is 5.25 Å². The normalized spacial score (nSPS) is 18.2. The minimum atomic E-state index is -3.91. The highest BCUT2D eigenvalue weighted by Crippen LogP contribution is 2.45. The van der Waals surface area contributed by atoms with Gasteiger partial charge < -0.3 is 23.7 Å². The molecule has 9 heteroatoms. The maximum atomic E-state index is 12.2. The molecule has 1 heterocycles. The summed E-state index contributed by atoms with van der Waals surface area (Å²) in [6.45, 7) is 1.97. The number of ether oxygens (including phenoxy) is 5. The fraction of sp³-hybridized carbons (Fsp3) is 0.600. The van der Waals surface area contributed by atoms with E-state index in [1.54, 1.807) is 12.1 Å². The lowest BCUT2D eigenvalue weighted by Gasteiger charge is -2.33. The van der Waals surface area contributed by atoms with Crippen molar-refractivity contribution in [3.05, 3.63) is 17.7 Å². The number of hydrogen-bond acceptors (Lipinski definition) is 8. The van der Waals surface area contributed by atoms with Gasteiger partial charge in [-0.1, -0.05) is 0 Å². The molecule has 2 rings (SSSR count).